The number of carboxylic acids is 1. The van der Waals surface area contributed by atoms with Crippen molar-refractivity contribution >= 4 is 11.9 Å². The number of nitrogens with zero attached hydrogens (tertiary/aromatic N) is 3. The number of hydrogen-bond donors (Lipinski definition) is 1. The second-order valence-electron chi connectivity index (χ2n) is 5.51. The molecule has 1 N–H and O–H groups in total. The molecule has 1 atom stereocenters. The number of aromatic nitrogens is 2. The van der Waals surface area contributed by atoms with E-state index in [4.69, 9.17) is 5.11 Å². The van der Waals surface area contributed by atoms with Crippen molar-refractivity contribution in [3.63, 3.8) is 0 Å². The SMILES string of the molecule is CCC(CC)n1nc(C)cc1C(=O)N(C)CC(C)C(=O)O. The molecular weight excluding hydrogens is 270 g/mol. The standard InChI is InChI=1S/C15H25N3O3/c1-6-12(7-2)18-13(8-11(4)16-18)14(19)17(5)9-10(3)15(20)21/h8,10,12H,6-7,9H2,1-5H3,(H,20,21). The highest BCUT2D eigenvalue weighted by Gasteiger charge is 2.24. The fraction of sp³-hybridized carbons (Fsp3) is 0.667. The summed E-state index contributed by atoms with van der Waals surface area (Å²) >= 11 is 0. The Balaban J connectivity index is 2.99. The molecule has 0 aliphatic carbocycles. The molecule has 1 rings (SSSR count). The summed E-state index contributed by atoms with van der Waals surface area (Å²) < 4.78 is 1.78. The lowest BCUT2D eigenvalue weighted by Crippen LogP contribution is -2.35. The third kappa shape index (κ3) is 4.06. The Morgan fingerprint density at radius 2 is 1.95 bits per heavy atom. The van der Waals surface area contributed by atoms with Crippen LogP contribution in [0.5, 0.6) is 0 Å². The first kappa shape index (κ1) is 17.2. The Bertz CT molecular complexity index is 506. The Kier molecular flexibility index (Phi) is 5.93. The number of aryl methyl sites for hydroxylation is 1. The summed E-state index contributed by atoms with van der Waals surface area (Å²) in [6.07, 6.45) is 1.79. The number of amides is 1. The number of carboxylic acid groups (broad SMARTS) is 1. The zero-order valence-corrected chi connectivity index (χ0v) is 13.5. The second-order valence-corrected chi connectivity index (χ2v) is 5.51. The van der Waals surface area contributed by atoms with Crippen LogP contribution in [-0.2, 0) is 4.79 Å². The van der Waals surface area contributed by atoms with Crippen LogP contribution in [0.3, 0.4) is 0 Å². The summed E-state index contributed by atoms with van der Waals surface area (Å²) in [5, 5.41) is 13.4. The molecule has 1 aromatic heterocycles. The van der Waals surface area contributed by atoms with Crippen molar-refractivity contribution in [2.45, 2.75) is 46.6 Å². The van der Waals surface area contributed by atoms with Crippen molar-refractivity contribution in [1.29, 1.82) is 0 Å². The van der Waals surface area contributed by atoms with E-state index in [0.717, 1.165) is 18.5 Å². The minimum Gasteiger partial charge on any atom is -0.481 e. The first-order valence-electron chi connectivity index (χ1n) is 7.36. The topological polar surface area (TPSA) is 75.4 Å². The van der Waals surface area contributed by atoms with E-state index in [1.54, 1.807) is 24.7 Å². The molecule has 1 aromatic rings. The number of carbonyl (C=O) groups is 2. The Labute approximate surface area is 125 Å². The van der Waals surface area contributed by atoms with E-state index in [1.165, 1.54) is 4.90 Å². The van der Waals surface area contributed by atoms with Gasteiger partial charge in [0.2, 0.25) is 0 Å². The van der Waals surface area contributed by atoms with E-state index < -0.39 is 11.9 Å². The van der Waals surface area contributed by atoms with Crippen LogP contribution < -0.4 is 0 Å². The maximum Gasteiger partial charge on any atom is 0.308 e. The molecule has 21 heavy (non-hydrogen) atoms. The van der Waals surface area contributed by atoms with Crippen molar-refractivity contribution in [2.75, 3.05) is 13.6 Å². The zero-order valence-electron chi connectivity index (χ0n) is 13.5. The van der Waals surface area contributed by atoms with Crippen LogP contribution in [0.4, 0.5) is 0 Å². The number of rotatable bonds is 7. The highest BCUT2D eigenvalue weighted by atomic mass is 16.4. The normalized spacial score (nSPS) is 12.5. The van der Waals surface area contributed by atoms with Gasteiger partial charge in [0.05, 0.1) is 17.7 Å². The van der Waals surface area contributed by atoms with Gasteiger partial charge in [-0.1, -0.05) is 20.8 Å². The van der Waals surface area contributed by atoms with E-state index >= 15 is 0 Å². The first-order chi connectivity index (χ1) is 9.81. The lowest BCUT2D eigenvalue weighted by Gasteiger charge is -2.22. The smallest absolute Gasteiger partial charge is 0.308 e. The number of hydrogen-bond acceptors (Lipinski definition) is 3. The molecule has 1 unspecified atom stereocenters. The number of carbonyl (C=O) groups excluding carboxylic acids is 1. The van der Waals surface area contributed by atoms with Crippen molar-refractivity contribution in [3.8, 4) is 0 Å². The molecule has 0 aromatic carbocycles. The van der Waals surface area contributed by atoms with Gasteiger partial charge in [-0.15, -0.1) is 0 Å². The van der Waals surface area contributed by atoms with Gasteiger partial charge in [-0.05, 0) is 25.8 Å². The lowest BCUT2D eigenvalue weighted by atomic mass is 10.1. The highest BCUT2D eigenvalue weighted by Crippen LogP contribution is 2.19. The molecule has 0 spiro atoms. The predicted octanol–water partition coefficient (Wildman–Crippen LogP) is 2.35. The Morgan fingerprint density at radius 3 is 2.43 bits per heavy atom. The fourth-order valence-corrected chi connectivity index (χ4v) is 2.36. The summed E-state index contributed by atoms with van der Waals surface area (Å²) in [7, 11) is 1.63. The van der Waals surface area contributed by atoms with E-state index in [-0.39, 0.29) is 18.5 Å². The molecule has 6 heteroatoms. The molecule has 0 aliphatic rings. The molecule has 0 aliphatic heterocycles. The van der Waals surface area contributed by atoms with Gasteiger partial charge in [-0.3, -0.25) is 14.3 Å². The van der Waals surface area contributed by atoms with Gasteiger partial charge >= 0.3 is 5.97 Å². The molecule has 0 fully saturated rings. The van der Waals surface area contributed by atoms with E-state index in [9.17, 15) is 9.59 Å². The summed E-state index contributed by atoms with van der Waals surface area (Å²) in [6, 6.07) is 1.95. The predicted molar refractivity (Wildman–Crippen MR) is 80.3 cm³/mol. The molecule has 6 nitrogen and oxygen atoms in total. The largest absolute Gasteiger partial charge is 0.481 e. The summed E-state index contributed by atoms with van der Waals surface area (Å²) in [5.41, 5.74) is 1.33. The van der Waals surface area contributed by atoms with Gasteiger partial charge in [0, 0.05) is 13.6 Å². The fourth-order valence-electron chi connectivity index (χ4n) is 2.36. The molecule has 0 saturated carbocycles. The third-order valence-electron chi connectivity index (χ3n) is 3.68. The molecule has 0 bridgehead atoms. The van der Waals surface area contributed by atoms with Gasteiger partial charge < -0.3 is 10.0 Å². The van der Waals surface area contributed by atoms with Gasteiger partial charge in [-0.2, -0.15) is 5.10 Å². The first-order valence-corrected chi connectivity index (χ1v) is 7.36. The molecule has 0 saturated heterocycles. The Hall–Kier alpha value is -1.85. The molecule has 1 heterocycles. The number of aliphatic carboxylic acids is 1. The molecule has 0 radical (unpaired) electrons. The van der Waals surface area contributed by atoms with Gasteiger partial charge in [0.25, 0.3) is 5.91 Å². The minimum absolute atomic E-state index is 0.182. The lowest BCUT2D eigenvalue weighted by molar-refractivity contribution is -0.141. The highest BCUT2D eigenvalue weighted by molar-refractivity contribution is 5.92. The minimum atomic E-state index is -0.903. The Morgan fingerprint density at radius 1 is 1.38 bits per heavy atom. The van der Waals surface area contributed by atoms with Gasteiger partial charge in [-0.25, -0.2) is 0 Å². The van der Waals surface area contributed by atoms with Crippen LogP contribution in [0.25, 0.3) is 0 Å². The van der Waals surface area contributed by atoms with Crippen molar-refractivity contribution in [2.24, 2.45) is 5.92 Å². The zero-order chi connectivity index (χ0) is 16.2. The van der Waals surface area contributed by atoms with Gasteiger partial charge in [0.1, 0.15) is 5.69 Å². The van der Waals surface area contributed by atoms with E-state index in [1.807, 2.05) is 6.92 Å². The van der Waals surface area contributed by atoms with Crippen LogP contribution in [-0.4, -0.2) is 45.3 Å². The van der Waals surface area contributed by atoms with Crippen LogP contribution in [0.1, 0.15) is 55.8 Å². The van der Waals surface area contributed by atoms with Crippen LogP contribution in [0.2, 0.25) is 0 Å². The average molecular weight is 295 g/mol. The maximum absolute atomic E-state index is 12.5. The van der Waals surface area contributed by atoms with Crippen LogP contribution >= 0.6 is 0 Å². The maximum atomic E-state index is 12.5. The van der Waals surface area contributed by atoms with Crippen LogP contribution in [0, 0.1) is 12.8 Å². The van der Waals surface area contributed by atoms with Crippen LogP contribution in [0.15, 0.2) is 6.07 Å². The molecule has 118 valence electrons. The van der Waals surface area contributed by atoms with E-state index in [0.29, 0.717) is 5.69 Å². The van der Waals surface area contributed by atoms with Crippen molar-refractivity contribution in [3.05, 3.63) is 17.5 Å². The van der Waals surface area contributed by atoms with Crippen molar-refractivity contribution < 1.29 is 14.7 Å². The summed E-state index contributed by atoms with van der Waals surface area (Å²) in [6.45, 7) is 7.76. The monoisotopic (exact) mass is 295 g/mol. The molecular formula is C15H25N3O3. The summed E-state index contributed by atoms with van der Waals surface area (Å²) in [4.78, 5) is 24.9. The van der Waals surface area contributed by atoms with Crippen molar-refractivity contribution in [1.82, 2.24) is 14.7 Å². The van der Waals surface area contributed by atoms with E-state index in [2.05, 4.69) is 18.9 Å². The molecule has 1 amide bonds. The van der Waals surface area contributed by atoms with Gasteiger partial charge in [0.15, 0.2) is 0 Å². The second kappa shape index (κ2) is 7.24. The average Bonchev–Trinajstić information content (AvgIpc) is 2.81. The quantitative estimate of drug-likeness (QED) is 0.837. The third-order valence-corrected chi connectivity index (χ3v) is 3.68. The summed E-state index contributed by atoms with van der Waals surface area (Å²) in [5.74, 6) is -1.68.